The van der Waals surface area contributed by atoms with E-state index in [1.165, 1.54) is 64.2 Å². The van der Waals surface area contributed by atoms with E-state index in [0.717, 1.165) is 5.92 Å². The lowest BCUT2D eigenvalue weighted by atomic mass is 9.63. The second-order valence-corrected chi connectivity index (χ2v) is 6.02. The third kappa shape index (κ3) is 3.24. The molecule has 2 aliphatic rings. The molecule has 0 N–H and O–H groups in total. The second kappa shape index (κ2) is 6.42. The Balaban J connectivity index is 2.00. The van der Waals surface area contributed by atoms with Crippen LogP contribution in [0.3, 0.4) is 0 Å². The van der Waals surface area contributed by atoms with Gasteiger partial charge in [-0.05, 0) is 37.0 Å². The van der Waals surface area contributed by atoms with Crippen molar-refractivity contribution in [1.82, 2.24) is 0 Å². The van der Waals surface area contributed by atoms with E-state index in [1.807, 2.05) is 0 Å². The molecule has 2 rings (SSSR count). The van der Waals surface area contributed by atoms with Crippen LogP contribution in [0.1, 0.15) is 71.1 Å². The van der Waals surface area contributed by atoms with Gasteiger partial charge in [0.05, 0.1) is 0 Å². The maximum Gasteiger partial charge on any atom is -0.00523 e. The van der Waals surface area contributed by atoms with Crippen molar-refractivity contribution in [1.29, 1.82) is 0 Å². The number of allylic oxidation sites excluding steroid dienone is 4. The quantitative estimate of drug-likeness (QED) is 0.537. The molecule has 0 bridgehead atoms. The van der Waals surface area contributed by atoms with Crippen molar-refractivity contribution >= 4 is 0 Å². The van der Waals surface area contributed by atoms with E-state index in [4.69, 9.17) is 0 Å². The molecule has 1 fully saturated rings. The van der Waals surface area contributed by atoms with E-state index in [9.17, 15) is 0 Å². The van der Waals surface area contributed by atoms with Gasteiger partial charge in [-0.2, -0.15) is 0 Å². The van der Waals surface area contributed by atoms with Crippen molar-refractivity contribution in [2.24, 2.45) is 11.3 Å². The fraction of sp³-hybridized carbons (Fsp3) is 0.765. The Morgan fingerprint density at radius 3 is 2.53 bits per heavy atom. The molecule has 1 atom stereocenters. The number of hydrogen-bond donors (Lipinski definition) is 0. The van der Waals surface area contributed by atoms with Crippen molar-refractivity contribution in [3.8, 4) is 0 Å². The molecule has 0 heteroatoms. The molecule has 0 amide bonds. The Bertz CT molecular complexity index is 268. The van der Waals surface area contributed by atoms with Crippen molar-refractivity contribution in [3.63, 3.8) is 0 Å². The van der Waals surface area contributed by atoms with Gasteiger partial charge in [0, 0.05) is 0 Å². The van der Waals surface area contributed by atoms with E-state index < -0.39 is 0 Å². The summed E-state index contributed by atoms with van der Waals surface area (Å²) >= 11 is 0. The normalized spacial score (nSPS) is 29.7. The standard InChI is InChI=1S/C17H28/c1-2-3-8-13-17(14-9-5-10-15-17)16-11-6-4-7-12-16/h5,9-10,14,16H,2-4,6-8,11-13,15H2,1H3. The smallest absolute Gasteiger partial charge is 0.00523 e. The van der Waals surface area contributed by atoms with E-state index in [-0.39, 0.29) is 0 Å². The van der Waals surface area contributed by atoms with Gasteiger partial charge in [0.15, 0.2) is 0 Å². The average molecular weight is 232 g/mol. The van der Waals surface area contributed by atoms with Gasteiger partial charge in [0.25, 0.3) is 0 Å². The molecule has 0 spiro atoms. The number of unbranched alkanes of at least 4 members (excludes halogenated alkanes) is 2. The average Bonchev–Trinajstić information content (AvgIpc) is 2.41. The Morgan fingerprint density at radius 1 is 1.06 bits per heavy atom. The molecule has 0 nitrogen and oxygen atoms in total. The van der Waals surface area contributed by atoms with Crippen LogP contribution < -0.4 is 0 Å². The van der Waals surface area contributed by atoms with Gasteiger partial charge < -0.3 is 0 Å². The van der Waals surface area contributed by atoms with Crippen LogP contribution in [0.15, 0.2) is 24.3 Å². The van der Waals surface area contributed by atoms with Gasteiger partial charge in [-0.25, -0.2) is 0 Å². The Hall–Kier alpha value is -0.520. The van der Waals surface area contributed by atoms with Crippen LogP contribution in [0.25, 0.3) is 0 Å². The Labute approximate surface area is 107 Å². The molecule has 2 aliphatic carbocycles. The summed E-state index contributed by atoms with van der Waals surface area (Å²) in [6, 6.07) is 0. The summed E-state index contributed by atoms with van der Waals surface area (Å²) in [4.78, 5) is 0. The first-order valence-electron chi connectivity index (χ1n) is 7.72. The highest BCUT2D eigenvalue weighted by atomic mass is 14.4. The summed E-state index contributed by atoms with van der Waals surface area (Å²) in [5, 5.41) is 0. The Kier molecular flexibility index (Phi) is 4.88. The topological polar surface area (TPSA) is 0 Å². The zero-order chi connectivity index (χ0) is 12.0. The van der Waals surface area contributed by atoms with Crippen molar-refractivity contribution in [2.75, 3.05) is 0 Å². The minimum Gasteiger partial charge on any atom is -0.0837 e. The van der Waals surface area contributed by atoms with Crippen molar-refractivity contribution in [3.05, 3.63) is 24.3 Å². The molecule has 1 unspecified atom stereocenters. The molecule has 17 heavy (non-hydrogen) atoms. The van der Waals surface area contributed by atoms with Gasteiger partial charge in [-0.1, -0.05) is 69.8 Å². The lowest BCUT2D eigenvalue weighted by Crippen LogP contribution is -2.31. The molecule has 0 aromatic rings. The SMILES string of the molecule is CCCCCC1(C2CCCCC2)C=CC=CC1. The molecule has 96 valence electrons. The molecular weight excluding hydrogens is 204 g/mol. The largest absolute Gasteiger partial charge is 0.0837 e. The van der Waals surface area contributed by atoms with Crippen LogP contribution in [0.4, 0.5) is 0 Å². The first-order valence-corrected chi connectivity index (χ1v) is 7.72. The summed E-state index contributed by atoms with van der Waals surface area (Å²) in [6.45, 7) is 2.31. The first-order chi connectivity index (χ1) is 8.37. The monoisotopic (exact) mass is 232 g/mol. The predicted octanol–water partition coefficient (Wildman–Crippen LogP) is 5.65. The summed E-state index contributed by atoms with van der Waals surface area (Å²) in [7, 11) is 0. The van der Waals surface area contributed by atoms with Gasteiger partial charge in [0.2, 0.25) is 0 Å². The van der Waals surface area contributed by atoms with Gasteiger partial charge in [0.1, 0.15) is 0 Å². The molecule has 0 aromatic heterocycles. The maximum atomic E-state index is 2.55. The van der Waals surface area contributed by atoms with Crippen LogP contribution >= 0.6 is 0 Å². The van der Waals surface area contributed by atoms with Gasteiger partial charge in [-0.15, -0.1) is 0 Å². The highest BCUT2D eigenvalue weighted by molar-refractivity contribution is 5.18. The highest BCUT2D eigenvalue weighted by Crippen LogP contribution is 2.47. The molecule has 0 aliphatic heterocycles. The molecule has 1 saturated carbocycles. The molecule has 0 saturated heterocycles. The Morgan fingerprint density at radius 2 is 1.88 bits per heavy atom. The van der Waals surface area contributed by atoms with Crippen molar-refractivity contribution in [2.45, 2.75) is 71.1 Å². The van der Waals surface area contributed by atoms with Crippen LogP contribution in [-0.4, -0.2) is 0 Å². The third-order valence-electron chi connectivity index (χ3n) is 4.84. The fourth-order valence-electron chi connectivity index (χ4n) is 3.76. The van der Waals surface area contributed by atoms with Crippen LogP contribution in [0.2, 0.25) is 0 Å². The van der Waals surface area contributed by atoms with E-state index in [1.54, 1.807) is 0 Å². The second-order valence-electron chi connectivity index (χ2n) is 6.02. The lowest BCUT2D eigenvalue weighted by molar-refractivity contribution is 0.154. The van der Waals surface area contributed by atoms with E-state index >= 15 is 0 Å². The predicted molar refractivity (Wildman–Crippen MR) is 76.0 cm³/mol. The summed E-state index contributed by atoms with van der Waals surface area (Å²) in [5.41, 5.74) is 0.532. The number of hydrogen-bond acceptors (Lipinski definition) is 0. The molecule has 0 aromatic carbocycles. The minimum absolute atomic E-state index is 0.532. The fourth-order valence-corrected chi connectivity index (χ4v) is 3.76. The zero-order valence-corrected chi connectivity index (χ0v) is 11.5. The van der Waals surface area contributed by atoms with Gasteiger partial charge >= 0.3 is 0 Å². The maximum absolute atomic E-state index is 2.55. The minimum atomic E-state index is 0.532. The molecule has 0 radical (unpaired) electrons. The first kappa shape index (κ1) is 12.9. The lowest BCUT2D eigenvalue weighted by Gasteiger charge is -2.41. The van der Waals surface area contributed by atoms with Crippen LogP contribution in [-0.2, 0) is 0 Å². The molecular formula is C17H28. The number of rotatable bonds is 5. The van der Waals surface area contributed by atoms with Crippen LogP contribution in [0.5, 0.6) is 0 Å². The highest BCUT2D eigenvalue weighted by Gasteiger charge is 2.36. The zero-order valence-electron chi connectivity index (χ0n) is 11.5. The molecule has 0 heterocycles. The summed E-state index contributed by atoms with van der Waals surface area (Å²) in [5.74, 6) is 0.967. The van der Waals surface area contributed by atoms with E-state index in [2.05, 4.69) is 31.2 Å². The third-order valence-corrected chi connectivity index (χ3v) is 4.84. The van der Waals surface area contributed by atoms with Crippen molar-refractivity contribution < 1.29 is 0 Å². The van der Waals surface area contributed by atoms with Gasteiger partial charge in [-0.3, -0.25) is 0 Å². The summed E-state index contributed by atoms with van der Waals surface area (Å²) in [6.07, 6.45) is 23.8. The van der Waals surface area contributed by atoms with Crippen LogP contribution in [0, 0.1) is 11.3 Å². The van der Waals surface area contributed by atoms with E-state index in [0.29, 0.717) is 5.41 Å². The summed E-state index contributed by atoms with van der Waals surface area (Å²) < 4.78 is 0.